The number of nitrogens with zero attached hydrogens (tertiary/aromatic N) is 2. The molecule has 0 unspecified atom stereocenters. The largest absolute Gasteiger partial charge is 0.467 e. The zero-order valence-corrected chi connectivity index (χ0v) is 16.1. The van der Waals surface area contributed by atoms with Gasteiger partial charge in [-0.15, -0.1) is 0 Å². The number of hydrogen-bond donors (Lipinski definition) is 2. The van der Waals surface area contributed by atoms with Gasteiger partial charge in [0, 0.05) is 25.7 Å². The molecule has 8 heteroatoms. The first kappa shape index (κ1) is 19.9. The minimum Gasteiger partial charge on any atom is -0.467 e. The smallest absolute Gasteiger partial charge is 0.321 e. The summed E-state index contributed by atoms with van der Waals surface area (Å²) in [6.45, 7) is 8.39. The minimum atomic E-state index is -0.497. The Labute approximate surface area is 160 Å². The number of carbonyl (C=O) groups excluding carboxylic acids is 2. The molecule has 8 nitrogen and oxygen atoms in total. The molecule has 2 N–H and O–H groups in total. The van der Waals surface area contributed by atoms with Gasteiger partial charge < -0.3 is 14.5 Å². The lowest BCUT2D eigenvalue weighted by molar-refractivity contribution is -0.121. The second kappa shape index (κ2) is 9.34. The Morgan fingerprint density at radius 3 is 2.74 bits per heavy atom. The van der Waals surface area contributed by atoms with Crippen molar-refractivity contribution >= 4 is 11.9 Å². The van der Waals surface area contributed by atoms with Crippen LogP contribution in [0.25, 0.3) is 0 Å². The van der Waals surface area contributed by atoms with Crippen LogP contribution in [0, 0.1) is 0 Å². The molecule has 0 aliphatic carbocycles. The highest BCUT2D eigenvalue weighted by Crippen LogP contribution is 2.20. The molecule has 2 fully saturated rings. The van der Waals surface area contributed by atoms with Crippen LogP contribution in [0.5, 0.6) is 0 Å². The summed E-state index contributed by atoms with van der Waals surface area (Å²) < 4.78 is 10.9. The number of rotatable bonds is 6. The monoisotopic (exact) mass is 378 g/mol. The fraction of sp³-hybridized carbons (Fsp3) is 0.684. The van der Waals surface area contributed by atoms with Crippen LogP contribution in [-0.4, -0.2) is 72.7 Å². The fourth-order valence-electron chi connectivity index (χ4n) is 4.02. The van der Waals surface area contributed by atoms with Gasteiger partial charge in [-0.3, -0.25) is 19.9 Å². The Balaban J connectivity index is 1.41. The number of amides is 3. The fourth-order valence-corrected chi connectivity index (χ4v) is 4.02. The van der Waals surface area contributed by atoms with Gasteiger partial charge in [0.15, 0.2) is 0 Å². The van der Waals surface area contributed by atoms with Crippen LogP contribution >= 0.6 is 0 Å². The van der Waals surface area contributed by atoms with Crippen molar-refractivity contribution in [3.8, 4) is 0 Å². The van der Waals surface area contributed by atoms with Gasteiger partial charge in [0.2, 0.25) is 5.91 Å². The molecule has 27 heavy (non-hydrogen) atoms. The maximum absolute atomic E-state index is 12.2. The summed E-state index contributed by atoms with van der Waals surface area (Å²) in [6.07, 6.45) is 4.19. The first-order valence-corrected chi connectivity index (χ1v) is 9.71. The molecule has 150 valence electrons. The van der Waals surface area contributed by atoms with Crippen molar-refractivity contribution in [2.75, 3.05) is 32.7 Å². The Bertz CT molecular complexity index is 611. The van der Waals surface area contributed by atoms with Crippen molar-refractivity contribution < 1.29 is 18.7 Å². The van der Waals surface area contributed by atoms with E-state index in [0.29, 0.717) is 11.8 Å². The Kier molecular flexibility index (Phi) is 6.87. The summed E-state index contributed by atoms with van der Waals surface area (Å²) in [5.41, 5.74) is 0. The maximum atomic E-state index is 12.2. The Morgan fingerprint density at radius 1 is 1.26 bits per heavy atom. The second-order valence-electron chi connectivity index (χ2n) is 7.55. The number of ether oxygens (including phenoxy) is 1. The van der Waals surface area contributed by atoms with E-state index in [1.165, 1.54) is 0 Å². The van der Waals surface area contributed by atoms with Crippen LogP contribution < -0.4 is 10.6 Å². The second-order valence-corrected chi connectivity index (χ2v) is 7.55. The number of nitrogens with one attached hydrogen (secondary N) is 2. The number of likely N-dealkylation sites (tertiary alicyclic amines) is 1. The van der Waals surface area contributed by atoms with Crippen molar-refractivity contribution in [1.29, 1.82) is 0 Å². The van der Waals surface area contributed by atoms with E-state index in [4.69, 9.17) is 9.15 Å². The van der Waals surface area contributed by atoms with Crippen molar-refractivity contribution in [3.05, 3.63) is 24.2 Å². The third-order valence-corrected chi connectivity index (χ3v) is 5.07. The van der Waals surface area contributed by atoms with Gasteiger partial charge in [-0.05, 0) is 45.4 Å². The highest BCUT2D eigenvalue weighted by atomic mass is 16.5. The molecule has 3 rings (SSSR count). The molecule has 0 saturated carbocycles. The van der Waals surface area contributed by atoms with Crippen molar-refractivity contribution in [2.24, 2.45) is 0 Å². The number of carbonyl (C=O) groups is 2. The Morgan fingerprint density at radius 2 is 2.04 bits per heavy atom. The van der Waals surface area contributed by atoms with E-state index in [1.54, 1.807) is 18.4 Å². The van der Waals surface area contributed by atoms with Crippen LogP contribution in [0.3, 0.4) is 0 Å². The van der Waals surface area contributed by atoms with E-state index < -0.39 is 6.03 Å². The number of urea groups is 1. The highest BCUT2D eigenvalue weighted by Gasteiger charge is 2.31. The molecule has 3 amide bonds. The number of furan rings is 1. The summed E-state index contributed by atoms with van der Waals surface area (Å²) >= 11 is 0. The number of imide groups is 1. The van der Waals surface area contributed by atoms with Crippen LogP contribution in [0.4, 0.5) is 4.79 Å². The molecule has 2 saturated heterocycles. The van der Waals surface area contributed by atoms with Crippen LogP contribution in [0.15, 0.2) is 22.8 Å². The Hall–Kier alpha value is -1.90. The van der Waals surface area contributed by atoms with E-state index in [1.807, 2.05) is 0 Å². The summed E-state index contributed by atoms with van der Waals surface area (Å²) in [4.78, 5) is 28.7. The van der Waals surface area contributed by atoms with Crippen LogP contribution in [0.1, 0.15) is 32.4 Å². The molecule has 2 aliphatic heterocycles. The molecule has 0 radical (unpaired) electrons. The van der Waals surface area contributed by atoms with Gasteiger partial charge >= 0.3 is 6.03 Å². The molecular formula is C19H30N4O4. The average Bonchev–Trinajstić information content (AvgIpc) is 3.24. The molecule has 1 aromatic heterocycles. The lowest BCUT2D eigenvalue weighted by Gasteiger charge is -2.38. The molecule has 3 atom stereocenters. The predicted octanol–water partition coefficient (Wildman–Crippen LogP) is 1.18. The zero-order chi connectivity index (χ0) is 19.2. The molecule has 0 aromatic carbocycles. The molecular weight excluding hydrogens is 348 g/mol. The summed E-state index contributed by atoms with van der Waals surface area (Å²) in [7, 11) is 0. The molecule has 1 aromatic rings. The van der Waals surface area contributed by atoms with Gasteiger partial charge in [0.1, 0.15) is 5.76 Å². The topological polar surface area (TPSA) is 87.0 Å². The van der Waals surface area contributed by atoms with Crippen LogP contribution in [0.2, 0.25) is 0 Å². The normalized spacial score (nSPS) is 26.8. The lowest BCUT2D eigenvalue weighted by Crippen LogP contribution is -2.51. The van der Waals surface area contributed by atoms with E-state index in [2.05, 4.69) is 34.3 Å². The van der Waals surface area contributed by atoms with Gasteiger partial charge in [-0.25, -0.2) is 4.79 Å². The number of hydrogen-bond acceptors (Lipinski definition) is 6. The summed E-state index contributed by atoms with van der Waals surface area (Å²) in [6, 6.07) is 3.37. The van der Waals surface area contributed by atoms with Crippen molar-refractivity contribution in [3.63, 3.8) is 0 Å². The lowest BCUT2D eigenvalue weighted by atomic mass is 10.1. The SMILES string of the molecule is C[C@@H]1CN(C[C@@H]2CCCN2CC(=O)NC(=O)NCc2ccco2)C[C@H](C)O1. The predicted molar refractivity (Wildman–Crippen MR) is 100 cm³/mol. The van der Waals surface area contributed by atoms with Gasteiger partial charge in [0.05, 0.1) is 31.6 Å². The summed E-state index contributed by atoms with van der Waals surface area (Å²) in [5.74, 6) is 0.369. The maximum Gasteiger partial charge on any atom is 0.321 e. The standard InChI is InChI=1S/C19H30N4O4/c1-14-10-22(11-15(2)27-14)12-16-5-3-7-23(16)13-18(24)21-19(25)20-9-17-6-4-8-26-17/h4,6,8,14-16H,3,5,7,9-13H2,1-2H3,(H2,20,21,24,25)/t14-,15+,16-/m0/s1. The van der Waals surface area contributed by atoms with Crippen LogP contribution in [-0.2, 0) is 16.1 Å². The van der Waals surface area contributed by atoms with E-state index >= 15 is 0 Å². The molecule has 0 spiro atoms. The average molecular weight is 378 g/mol. The molecule has 3 heterocycles. The van der Waals surface area contributed by atoms with Crippen molar-refractivity contribution in [1.82, 2.24) is 20.4 Å². The van der Waals surface area contributed by atoms with Gasteiger partial charge in [0.25, 0.3) is 0 Å². The third kappa shape index (κ3) is 6.05. The number of morpholine rings is 1. The van der Waals surface area contributed by atoms with Gasteiger partial charge in [-0.1, -0.05) is 0 Å². The zero-order valence-electron chi connectivity index (χ0n) is 16.1. The first-order valence-electron chi connectivity index (χ1n) is 9.71. The van der Waals surface area contributed by atoms with E-state index in [0.717, 1.165) is 39.0 Å². The van der Waals surface area contributed by atoms with E-state index in [-0.39, 0.29) is 31.2 Å². The van der Waals surface area contributed by atoms with Crippen molar-refractivity contribution in [2.45, 2.75) is 51.5 Å². The minimum absolute atomic E-state index is 0.241. The summed E-state index contributed by atoms with van der Waals surface area (Å²) in [5, 5.41) is 5.02. The third-order valence-electron chi connectivity index (χ3n) is 5.07. The van der Waals surface area contributed by atoms with Gasteiger partial charge in [-0.2, -0.15) is 0 Å². The molecule has 0 bridgehead atoms. The highest BCUT2D eigenvalue weighted by molar-refractivity contribution is 5.95. The molecule has 2 aliphatic rings. The quantitative estimate of drug-likeness (QED) is 0.773. The van der Waals surface area contributed by atoms with E-state index in [9.17, 15) is 9.59 Å². The first-order chi connectivity index (χ1) is 13.0.